The van der Waals surface area contributed by atoms with E-state index in [9.17, 15) is 4.79 Å². The number of amides is 1. The maximum Gasteiger partial charge on any atom is 0.252 e. The lowest BCUT2D eigenvalue weighted by atomic mass is 10.0. The number of fused-ring (bicyclic) bond motifs is 1. The minimum absolute atomic E-state index is 0.122. The van der Waals surface area contributed by atoms with E-state index in [4.69, 9.17) is 9.47 Å². The van der Waals surface area contributed by atoms with Crippen LogP contribution in [-0.4, -0.2) is 12.7 Å². The number of carbonyl (C=O) groups is 1. The quantitative estimate of drug-likeness (QED) is 0.548. The molecule has 0 aromatic heterocycles. The molecular weight excluding hydrogens is 338 g/mol. The molecule has 0 saturated carbocycles. The topological polar surface area (TPSA) is 47.6 Å². The highest BCUT2D eigenvalue weighted by Gasteiger charge is 2.15. The highest BCUT2D eigenvalue weighted by molar-refractivity contribution is 6.24. The molecule has 134 valence electrons. The first-order valence-corrected chi connectivity index (χ1v) is 8.78. The van der Waals surface area contributed by atoms with Crippen LogP contribution in [0.3, 0.4) is 0 Å². The van der Waals surface area contributed by atoms with E-state index in [1.165, 1.54) is 0 Å². The van der Waals surface area contributed by atoms with Gasteiger partial charge in [-0.15, -0.1) is 0 Å². The van der Waals surface area contributed by atoms with Gasteiger partial charge in [0.15, 0.2) is 11.5 Å². The highest BCUT2D eigenvalue weighted by Crippen LogP contribution is 2.32. The highest BCUT2D eigenvalue weighted by atomic mass is 16.7. The fourth-order valence-electron chi connectivity index (χ4n) is 2.94. The summed E-state index contributed by atoms with van der Waals surface area (Å²) in [4.78, 5) is 12.9. The Morgan fingerprint density at radius 3 is 2.37 bits per heavy atom. The lowest BCUT2D eigenvalue weighted by molar-refractivity contribution is -0.115. The Morgan fingerprint density at radius 2 is 1.59 bits per heavy atom. The predicted molar refractivity (Wildman–Crippen MR) is 105 cm³/mol. The molecule has 4 nitrogen and oxygen atoms in total. The zero-order valence-electron chi connectivity index (χ0n) is 14.7. The summed E-state index contributed by atoms with van der Waals surface area (Å²) in [6.45, 7) is 0.650. The molecule has 1 aliphatic heterocycles. The fourth-order valence-corrected chi connectivity index (χ4v) is 2.94. The molecule has 0 atom stereocenters. The van der Waals surface area contributed by atoms with E-state index in [1.807, 2.05) is 84.9 Å². The lowest BCUT2D eigenvalue weighted by Gasteiger charge is -2.10. The van der Waals surface area contributed by atoms with Gasteiger partial charge in [0.05, 0.1) is 0 Å². The molecule has 0 radical (unpaired) electrons. The molecule has 0 bridgehead atoms. The molecule has 3 aromatic carbocycles. The molecular formula is C23H19NO3. The summed E-state index contributed by atoms with van der Waals surface area (Å²) in [7, 11) is 0. The van der Waals surface area contributed by atoms with Crippen LogP contribution in [0.25, 0.3) is 11.6 Å². The summed E-state index contributed by atoms with van der Waals surface area (Å²) in [5.74, 6) is 1.33. The zero-order valence-corrected chi connectivity index (χ0v) is 14.7. The van der Waals surface area contributed by atoms with Gasteiger partial charge < -0.3 is 14.8 Å². The zero-order chi connectivity index (χ0) is 18.5. The Labute approximate surface area is 158 Å². The first-order chi connectivity index (χ1) is 13.3. The summed E-state index contributed by atoms with van der Waals surface area (Å²) >= 11 is 0. The van der Waals surface area contributed by atoms with Crippen LogP contribution in [0.15, 0.2) is 78.9 Å². The molecule has 0 spiro atoms. The number of hydrogen-bond donors (Lipinski definition) is 1. The average Bonchev–Trinajstić information content (AvgIpc) is 3.19. The maximum atomic E-state index is 12.9. The Balaban J connectivity index is 1.55. The Morgan fingerprint density at radius 1 is 0.889 bits per heavy atom. The minimum atomic E-state index is -0.122. The van der Waals surface area contributed by atoms with Crippen molar-refractivity contribution in [3.63, 3.8) is 0 Å². The van der Waals surface area contributed by atoms with E-state index in [2.05, 4.69) is 5.32 Å². The van der Waals surface area contributed by atoms with Gasteiger partial charge in [0.25, 0.3) is 5.91 Å². The van der Waals surface area contributed by atoms with Gasteiger partial charge in [-0.25, -0.2) is 0 Å². The number of rotatable bonds is 5. The van der Waals surface area contributed by atoms with Gasteiger partial charge in [-0.05, 0) is 34.9 Å². The minimum Gasteiger partial charge on any atom is -0.454 e. The van der Waals surface area contributed by atoms with E-state index in [-0.39, 0.29) is 12.7 Å². The van der Waals surface area contributed by atoms with E-state index < -0.39 is 0 Å². The summed E-state index contributed by atoms with van der Waals surface area (Å²) in [6, 6.07) is 25.2. The van der Waals surface area contributed by atoms with Gasteiger partial charge in [-0.3, -0.25) is 4.79 Å². The number of hydrogen-bond acceptors (Lipinski definition) is 3. The summed E-state index contributed by atoms with van der Waals surface area (Å²) in [5.41, 5.74) is 3.45. The van der Waals surface area contributed by atoms with Crippen molar-refractivity contribution in [1.82, 2.24) is 5.32 Å². The third-order valence-corrected chi connectivity index (χ3v) is 4.33. The molecule has 1 N–H and O–H groups in total. The molecule has 1 heterocycles. The molecule has 0 saturated heterocycles. The SMILES string of the molecule is O=C(NCc1ccc2c(c1)OCO2)/C(=C/c1ccccc1)c1ccccc1. The molecule has 27 heavy (non-hydrogen) atoms. The summed E-state index contributed by atoms with van der Waals surface area (Å²) in [5, 5.41) is 3.01. The van der Waals surface area contributed by atoms with Crippen LogP contribution in [-0.2, 0) is 11.3 Å². The second-order valence-corrected chi connectivity index (χ2v) is 6.21. The standard InChI is InChI=1S/C23H19NO3/c25-23(24-15-18-11-12-21-22(14-18)27-16-26-21)20(19-9-5-2-6-10-19)13-17-7-3-1-4-8-17/h1-14H,15-16H2,(H,24,25)/b20-13+. The van der Waals surface area contributed by atoms with Crippen molar-refractivity contribution in [1.29, 1.82) is 0 Å². The molecule has 4 rings (SSSR count). The van der Waals surface area contributed by atoms with Gasteiger partial charge >= 0.3 is 0 Å². The van der Waals surface area contributed by atoms with E-state index in [0.29, 0.717) is 17.9 Å². The van der Waals surface area contributed by atoms with Crippen molar-refractivity contribution >= 4 is 17.6 Å². The molecule has 1 amide bonds. The summed E-state index contributed by atoms with van der Waals surface area (Å²) in [6.07, 6.45) is 1.91. The van der Waals surface area contributed by atoms with Gasteiger partial charge in [0.1, 0.15) is 0 Å². The van der Waals surface area contributed by atoms with Crippen LogP contribution in [0, 0.1) is 0 Å². The van der Waals surface area contributed by atoms with Crippen molar-refractivity contribution in [2.45, 2.75) is 6.54 Å². The van der Waals surface area contributed by atoms with E-state index in [1.54, 1.807) is 0 Å². The normalized spacial score (nSPS) is 12.7. The van der Waals surface area contributed by atoms with Crippen LogP contribution >= 0.6 is 0 Å². The van der Waals surface area contributed by atoms with Crippen molar-refractivity contribution in [3.8, 4) is 11.5 Å². The van der Waals surface area contributed by atoms with Gasteiger partial charge in [-0.2, -0.15) is 0 Å². The Bertz CT molecular complexity index is 965. The average molecular weight is 357 g/mol. The van der Waals surface area contributed by atoms with Crippen LogP contribution in [0.4, 0.5) is 0 Å². The molecule has 1 aliphatic rings. The second kappa shape index (κ2) is 7.79. The number of carbonyl (C=O) groups excluding carboxylic acids is 1. The second-order valence-electron chi connectivity index (χ2n) is 6.21. The lowest BCUT2D eigenvalue weighted by Crippen LogP contribution is -2.23. The molecule has 0 aliphatic carbocycles. The Hall–Kier alpha value is -3.53. The van der Waals surface area contributed by atoms with Gasteiger partial charge in [-0.1, -0.05) is 66.7 Å². The predicted octanol–water partition coefficient (Wildman–Crippen LogP) is 4.27. The molecule has 4 heteroatoms. The number of benzene rings is 3. The maximum absolute atomic E-state index is 12.9. The van der Waals surface area contributed by atoms with Crippen molar-refractivity contribution in [2.75, 3.05) is 6.79 Å². The first kappa shape index (κ1) is 16.9. The summed E-state index contributed by atoms with van der Waals surface area (Å²) < 4.78 is 10.7. The van der Waals surface area contributed by atoms with Crippen molar-refractivity contribution in [2.24, 2.45) is 0 Å². The van der Waals surface area contributed by atoms with Crippen molar-refractivity contribution < 1.29 is 14.3 Å². The number of ether oxygens (including phenoxy) is 2. The fraction of sp³-hybridized carbons (Fsp3) is 0.0870. The number of nitrogens with one attached hydrogen (secondary N) is 1. The van der Waals surface area contributed by atoms with E-state index >= 15 is 0 Å². The van der Waals surface area contributed by atoms with E-state index in [0.717, 1.165) is 22.4 Å². The van der Waals surface area contributed by atoms with Crippen LogP contribution in [0.5, 0.6) is 11.5 Å². The van der Waals surface area contributed by atoms with Crippen LogP contribution in [0.2, 0.25) is 0 Å². The third-order valence-electron chi connectivity index (χ3n) is 4.33. The van der Waals surface area contributed by atoms with Crippen LogP contribution in [0.1, 0.15) is 16.7 Å². The largest absolute Gasteiger partial charge is 0.454 e. The Kier molecular flexibility index (Phi) is 4.88. The van der Waals surface area contributed by atoms with Crippen LogP contribution < -0.4 is 14.8 Å². The molecule has 0 fully saturated rings. The molecule has 0 unspecified atom stereocenters. The van der Waals surface area contributed by atoms with Gasteiger partial charge in [0, 0.05) is 12.1 Å². The first-order valence-electron chi connectivity index (χ1n) is 8.78. The molecule has 3 aromatic rings. The van der Waals surface area contributed by atoms with Crippen molar-refractivity contribution in [3.05, 3.63) is 95.6 Å². The smallest absolute Gasteiger partial charge is 0.252 e. The third kappa shape index (κ3) is 4.01. The monoisotopic (exact) mass is 357 g/mol. The van der Waals surface area contributed by atoms with Gasteiger partial charge in [0.2, 0.25) is 6.79 Å².